The van der Waals surface area contributed by atoms with Crippen molar-refractivity contribution in [2.45, 2.75) is 6.92 Å². The lowest BCUT2D eigenvalue weighted by atomic mass is 10.2. The van der Waals surface area contributed by atoms with Crippen molar-refractivity contribution in [1.29, 1.82) is 5.41 Å². The Hall–Kier alpha value is 0.0600. The highest BCUT2D eigenvalue weighted by molar-refractivity contribution is 14.0. The van der Waals surface area contributed by atoms with Crippen LogP contribution in [0.25, 0.3) is 0 Å². The second-order valence-electron chi connectivity index (χ2n) is 2.64. The van der Waals surface area contributed by atoms with E-state index in [1.165, 1.54) is 11.8 Å². The Morgan fingerprint density at radius 3 is 2.64 bits per heavy atom. The molecular weight excluding hydrogens is 331 g/mol. The molecule has 14 heavy (non-hydrogen) atoms. The van der Waals surface area contributed by atoms with Gasteiger partial charge in [-0.05, 0) is 30.9 Å². The summed E-state index contributed by atoms with van der Waals surface area (Å²) in [6.45, 7) is 1.98. The molecule has 2 N–H and O–H groups in total. The fourth-order valence-corrected chi connectivity index (χ4v) is 1.39. The number of rotatable bonds is 1. The van der Waals surface area contributed by atoms with Crippen LogP contribution in [0.2, 0.25) is 5.02 Å². The lowest BCUT2D eigenvalue weighted by Crippen LogP contribution is -2.05. The second-order valence-corrected chi connectivity index (χ2v) is 3.87. The molecule has 0 bridgehead atoms. The van der Waals surface area contributed by atoms with Gasteiger partial charge >= 0.3 is 0 Å². The van der Waals surface area contributed by atoms with Crippen molar-refractivity contribution in [3.05, 3.63) is 28.8 Å². The molecule has 0 aromatic heterocycles. The van der Waals surface area contributed by atoms with Gasteiger partial charge in [-0.2, -0.15) is 0 Å². The fourth-order valence-electron chi connectivity index (χ4n) is 0.895. The average molecular weight is 343 g/mol. The first-order chi connectivity index (χ1) is 6.13. The molecule has 0 aliphatic heterocycles. The summed E-state index contributed by atoms with van der Waals surface area (Å²) in [4.78, 5) is 0. The Morgan fingerprint density at radius 2 is 2.14 bits per heavy atom. The van der Waals surface area contributed by atoms with Crippen molar-refractivity contribution >= 4 is 58.2 Å². The van der Waals surface area contributed by atoms with E-state index in [0.29, 0.717) is 10.2 Å². The SMILES string of the molecule is CSC(=N)Nc1ccc(C)cc1Cl.I. The largest absolute Gasteiger partial charge is 0.334 e. The third-order valence-electron chi connectivity index (χ3n) is 1.58. The summed E-state index contributed by atoms with van der Waals surface area (Å²) in [7, 11) is 0. The number of anilines is 1. The molecule has 0 unspecified atom stereocenters. The Morgan fingerprint density at radius 1 is 1.50 bits per heavy atom. The lowest BCUT2D eigenvalue weighted by Gasteiger charge is -2.07. The normalized spacial score (nSPS) is 9.07. The van der Waals surface area contributed by atoms with Crippen molar-refractivity contribution in [3.8, 4) is 0 Å². The van der Waals surface area contributed by atoms with E-state index in [2.05, 4.69) is 5.32 Å². The van der Waals surface area contributed by atoms with Crippen LogP contribution in [0.1, 0.15) is 5.56 Å². The number of hydrogen-bond acceptors (Lipinski definition) is 2. The summed E-state index contributed by atoms with van der Waals surface area (Å²) in [5.74, 6) is 0. The van der Waals surface area contributed by atoms with Gasteiger partial charge in [-0.3, -0.25) is 5.41 Å². The number of hydrogen-bond donors (Lipinski definition) is 2. The molecule has 5 heteroatoms. The fraction of sp³-hybridized carbons (Fsp3) is 0.222. The van der Waals surface area contributed by atoms with Crippen LogP contribution in [0.5, 0.6) is 0 Å². The van der Waals surface area contributed by atoms with E-state index in [9.17, 15) is 0 Å². The third-order valence-corrected chi connectivity index (χ3v) is 2.40. The van der Waals surface area contributed by atoms with Crippen LogP contribution >= 0.6 is 47.3 Å². The van der Waals surface area contributed by atoms with E-state index in [1.807, 2.05) is 31.4 Å². The minimum Gasteiger partial charge on any atom is -0.334 e. The van der Waals surface area contributed by atoms with Gasteiger partial charge in [0.1, 0.15) is 0 Å². The van der Waals surface area contributed by atoms with Crippen LogP contribution < -0.4 is 5.32 Å². The van der Waals surface area contributed by atoms with Crippen molar-refractivity contribution in [1.82, 2.24) is 0 Å². The van der Waals surface area contributed by atoms with E-state index in [-0.39, 0.29) is 24.0 Å². The number of nitrogens with one attached hydrogen (secondary N) is 2. The lowest BCUT2D eigenvalue weighted by molar-refractivity contribution is 1.46. The Bertz CT molecular complexity index is 331. The molecule has 0 amide bonds. The van der Waals surface area contributed by atoms with Gasteiger partial charge in [0, 0.05) is 0 Å². The molecule has 0 atom stereocenters. The topological polar surface area (TPSA) is 35.9 Å². The first kappa shape index (κ1) is 14.1. The predicted molar refractivity (Wildman–Crippen MR) is 76.5 cm³/mol. The zero-order valence-corrected chi connectivity index (χ0v) is 11.8. The maximum absolute atomic E-state index is 7.42. The van der Waals surface area contributed by atoms with Crippen LogP contribution in [0.4, 0.5) is 5.69 Å². The molecule has 0 radical (unpaired) electrons. The Labute approximate surface area is 110 Å². The number of halogens is 2. The van der Waals surface area contributed by atoms with Crippen molar-refractivity contribution < 1.29 is 0 Å². The van der Waals surface area contributed by atoms with Crippen LogP contribution in [0, 0.1) is 12.3 Å². The molecular formula is C9H12ClIN2S. The zero-order chi connectivity index (χ0) is 9.84. The first-order valence-electron chi connectivity index (χ1n) is 3.79. The van der Waals surface area contributed by atoms with Gasteiger partial charge in [-0.15, -0.1) is 24.0 Å². The first-order valence-corrected chi connectivity index (χ1v) is 5.39. The minimum absolute atomic E-state index is 0. The number of benzene rings is 1. The maximum Gasteiger partial charge on any atom is 0.157 e. The second kappa shape index (κ2) is 6.53. The summed E-state index contributed by atoms with van der Waals surface area (Å²) >= 11 is 7.31. The highest BCUT2D eigenvalue weighted by Gasteiger charge is 2.01. The predicted octanol–water partition coefficient (Wildman–Crippen LogP) is 3.98. The van der Waals surface area contributed by atoms with E-state index >= 15 is 0 Å². The highest BCUT2D eigenvalue weighted by Crippen LogP contribution is 2.23. The molecule has 1 rings (SSSR count). The van der Waals surface area contributed by atoms with Gasteiger partial charge in [0.2, 0.25) is 0 Å². The van der Waals surface area contributed by atoms with Crippen LogP contribution in [0.15, 0.2) is 18.2 Å². The number of aryl methyl sites for hydroxylation is 1. The van der Waals surface area contributed by atoms with Crippen molar-refractivity contribution in [2.24, 2.45) is 0 Å². The molecule has 1 aromatic carbocycles. The summed E-state index contributed by atoms with van der Waals surface area (Å²) in [5.41, 5.74) is 1.90. The standard InChI is InChI=1S/C9H11ClN2S.HI/c1-6-3-4-8(7(10)5-6)12-9(11)13-2;/h3-5H,1-2H3,(H2,11,12);1H. The van der Waals surface area contributed by atoms with Gasteiger partial charge in [0.05, 0.1) is 10.7 Å². The quantitative estimate of drug-likeness (QED) is 0.460. The monoisotopic (exact) mass is 342 g/mol. The summed E-state index contributed by atoms with van der Waals surface area (Å²) in [5, 5.41) is 11.4. The smallest absolute Gasteiger partial charge is 0.157 e. The summed E-state index contributed by atoms with van der Waals surface area (Å²) < 4.78 is 0. The minimum atomic E-state index is 0. The molecule has 0 aliphatic carbocycles. The van der Waals surface area contributed by atoms with Gasteiger partial charge in [0.15, 0.2) is 5.17 Å². The van der Waals surface area contributed by atoms with Crippen LogP contribution in [0.3, 0.4) is 0 Å². The van der Waals surface area contributed by atoms with Crippen molar-refractivity contribution in [2.75, 3.05) is 11.6 Å². The Kier molecular flexibility index (Phi) is 6.55. The summed E-state index contributed by atoms with van der Waals surface area (Å²) in [6.07, 6.45) is 1.84. The van der Waals surface area contributed by atoms with Gasteiger partial charge in [-0.25, -0.2) is 0 Å². The van der Waals surface area contributed by atoms with Crippen LogP contribution in [-0.4, -0.2) is 11.4 Å². The van der Waals surface area contributed by atoms with E-state index in [0.717, 1.165) is 11.3 Å². The molecule has 0 heterocycles. The Balaban J connectivity index is 0.00000169. The maximum atomic E-state index is 7.42. The van der Waals surface area contributed by atoms with E-state index in [1.54, 1.807) is 0 Å². The van der Waals surface area contributed by atoms with Gasteiger partial charge in [0.25, 0.3) is 0 Å². The molecule has 0 spiro atoms. The zero-order valence-electron chi connectivity index (χ0n) is 7.93. The molecule has 0 fully saturated rings. The molecule has 0 aliphatic rings. The van der Waals surface area contributed by atoms with E-state index < -0.39 is 0 Å². The van der Waals surface area contributed by atoms with Crippen LogP contribution in [-0.2, 0) is 0 Å². The van der Waals surface area contributed by atoms with Gasteiger partial charge < -0.3 is 5.32 Å². The average Bonchev–Trinajstić information content (AvgIpc) is 2.09. The molecule has 0 saturated carbocycles. The van der Waals surface area contributed by atoms with Crippen molar-refractivity contribution in [3.63, 3.8) is 0 Å². The van der Waals surface area contributed by atoms with E-state index in [4.69, 9.17) is 17.0 Å². The highest BCUT2D eigenvalue weighted by atomic mass is 127. The molecule has 1 aromatic rings. The molecule has 2 nitrogen and oxygen atoms in total. The molecule has 0 saturated heterocycles. The number of thioether (sulfide) groups is 1. The third kappa shape index (κ3) is 4.06. The van der Waals surface area contributed by atoms with Gasteiger partial charge in [-0.1, -0.05) is 29.4 Å². The summed E-state index contributed by atoms with van der Waals surface area (Å²) in [6, 6.07) is 5.71. The number of amidine groups is 1. The molecule has 78 valence electrons.